The van der Waals surface area contributed by atoms with Gasteiger partial charge in [-0.1, -0.05) is 6.07 Å². The second kappa shape index (κ2) is 7.13. The van der Waals surface area contributed by atoms with Crippen molar-refractivity contribution in [3.8, 4) is 0 Å². The van der Waals surface area contributed by atoms with E-state index in [0.717, 1.165) is 36.9 Å². The molecular weight excluding hydrogens is 330 g/mol. The van der Waals surface area contributed by atoms with E-state index in [1.165, 1.54) is 0 Å². The van der Waals surface area contributed by atoms with Crippen molar-refractivity contribution in [1.29, 1.82) is 0 Å². The van der Waals surface area contributed by atoms with E-state index in [2.05, 4.69) is 20.6 Å². The minimum Gasteiger partial charge on any atom is -0.468 e. The van der Waals surface area contributed by atoms with Gasteiger partial charge in [-0.15, -0.1) is 0 Å². The lowest BCUT2D eigenvalue weighted by atomic mass is 10.3. The summed E-state index contributed by atoms with van der Waals surface area (Å²) in [6.07, 6.45) is 5.41. The SMILES string of the molecule is CN(Cc1cn2c(n1)CN(C(=O)c1ccccn1)CC2)Cc1ccco1. The van der Waals surface area contributed by atoms with Gasteiger partial charge in [0.1, 0.15) is 17.3 Å². The molecular formula is C19H21N5O2. The van der Waals surface area contributed by atoms with E-state index in [9.17, 15) is 4.79 Å². The largest absolute Gasteiger partial charge is 0.468 e. The van der Waals surface area contributed by atoms with Crippen molar-refractivity contribution in [3.63, 3.8) is 0 Å². The van der Waals surface area contributed by atoms with Crippen LogP contribution in [0.25, 0.3) is 0 Å². The summed E-state index contributed by atoms with van der Waals surface area (Å²) in [5.41, 5.74) is 1.48. The maximum atomic E-state index is 12.6. The summed E-state index contributed by atoms with van der Waals surface area (Å²) in [5.74, 6) is 1.81. The number of hydrogen-bond acceptors (Lipinski definition) is 5. The Morgan fingerprint density at radius 2 is 2.15 bits per heavy atom. The van der Waals surface area contributed by atoms with Gasteiger partial charge in [0.25, 0.3) is 5.91 Å². The van der Waals surface area contributed by atoms with Gasteiger partial charge in [0, 0.05) is 32.0 Å². The molecule has 1 amide bonds. The number of rotatable bonds is 5. The molecule has 4 heterocycles. The van der Waals surface area contributed by atoms with Crippen LogP contribution in [0, 0.1) is 0 Å². The van der Waals surface area contributed by atoms with E-state index in [4.69, 9.17) is 9.40 Å². The van der Waals surface area contributed by atoms with Crippen molar-refractivity contribution in [2.24, 2.45) is 0 Å². The lowest BCUT2D eigenvalue weighted by molar-refractivity contribution is 0.0701. The highest BCUT2D eigenvalue weighted by atomic mass is 16.3. The Labute approximate surface area is 151 Å². The first-order chi connectivity index (χ1) is 12.7. The Morgan fingerprint density at radius 1 is 1.23 bits per heavy atom. The Balaban J connectivity index is 1.41. The van der Waals surface area contributed by atoms with Gasteiger partial charge < -0.3 is 13.9 Å². The van der Waals surface area contributed by atoms with Gasteiger partial charge in [-0.25, -0.2) is 4.98 Å². The summed E-state index contributed by atoms with van der Waals surface area (Å²) in [6.45, 7) is 3.40. The van der Waals surface area contributed by atoms with E-state index in [1.54, 1.807) is 23.4 Å². The lowest BCUT2D eigenvalue weighted by Crippen LogP contribution is -2.38. The van der Waals surface area contributed by atoms with Crippen LogP contribution >= 0.6 is 0 Å². The van der Waals surface area contributed by atoms with E-state index in [1.807, 2.05) is 31.3 Å². The highest BCUT2D eigenvalue weighted by Crippen LogP contribution is 2.16. The standard InChI is InChI=1S/C19H21N5O2/c1-22(13-16-5-4-10-26-16)11-15-12-23-8-9-24(14-18(23)21-15)19(25)17-6-2-3-7-20-17/h2-7,10,12H,8-9,11,13-14H2,1H3. The molecule has 0 bridgehead atoms. The maximum Gasteiger partial charge on any atom is 0.272 e. The smallest absolute Gasteiger partial charge is 0.272 e. The molecule has 26 heavy (non-hydrogen) atoms. The Kier molecular flexibility index (Phi) is 4.53. The number of aromatic nitrogens is 3. The molecule has 0 aromatic carbocycles. The molecule has 1 aliphatic heterocycles. The van der Waals surface area contributed by atoms with Gasteiger partial charge in [0.05, 0.1) is 25.0 Å². The molecule has 3 aromatic rings. The quantitative estimate of drug-likeness (QED) is 0.705. The van der Waals surface area contributed by atoms with Crippen LogP contribution in [0.2, 0.25) is 0 Å². The van der Waals surface area contributed by atoms with E-state index >= 15 is 0 Å². The third-order valence-electron chi connectivity index (χ3n) is 4.46. The number of furan rings is 1. The number of nitrogens with zero attached hydrogens (tertiary/aromatic N) is 5. The summed E-state index contributed by atoms with van der Waals surface area (Å²) in [7, 11) is 2.04. The van der Waals surface area contributed by atoms with Crippen molar-refractivity contribution >= 4 is 5.91 Å². The first kappa shape index (κ1) is 16.5. The van der Waals surface area contributed by atoms with Gasteiger partial charge in [-0.05, 0) is 31.3 Å². The van der Waals surface area contributed by atoms with Gasteiger partial charge in [0.2, 0.25) is 0 Å². The predicted molar refractivity (Wildman–Crippen MR) is 95.1 cm³/mol. The Hall–Kier alpha value is -2.93. The van der Waals surface area contributed by atoms with Crippen molar-refractivity contribution in [2.45, 2.75) is 26.2 Å². The second-order valence-corrected chi connectivity index (χ2v) is 6.54. The molecule has 0 aliphatic carbocycles. The predicted octanol–water partition coefficient (Wildman–Crippen LogP) is 2.16. The highest BCUT2D eigenvalue weighted by Gasteiger charge is 2.24. The molecule has 0 saturated carbocycles. The minimum atomic E-state index is -0.0451. The van der Waals surface area contributed by atoms with Crippen LogP contribution in [0.5, 0.6) is 0 Å². The molecule has 0 fully saturated rings. The summed E-state index contributed by atoms with van der Waals surface area (Å²) >= 11 is 0. The van der Waals surface area contributed by atoms with E-state index < -0.39 is 0 Å². The van der Waals surface area contributed by atoms with Crippen LogP contribution in [-0.4, -0.2) is 43.8 Å². The van der Waals surface area contributed by atoms with Crippen LogP contribution in [0.4, 0.5) is 0 Å². The summed E-state index contributed by atoms with van der Waals surface area (Å²) in [4.78, 5) is 25.4. The van der Waals surface area contributed by atoms with E-state index in [-0.39, 0.29) is 5.91 Å². The highest BCUT2D eigenvalue weighted by molar-refractivity contribution is 5.92. The van der Waals surface area contributed by atoms with Crippen LogP contribution in [0.15, 0.2) is 53.4 Å². The summed E-state index contributed by atoms with van der Waals surface area (Å²) < 4.78 is 7.53. The van der Waals surface area contributed by atoms with Gasteiger partial charge in [-0.2, -0.15) is 0 Å². The zero-order valence-electron chi connectivity index (χ0n) is 14.7. The topological polar surface area (TPSA) is 67.4 Å². The first-order valence-corrected chi connectivity index (χ1v) is 8.65. The van der Waals surface area contributed by atoms with Crippen molar-refractivity contribution in [2.75, 3.05) is 13.6 Å². The Morgan fingerprint density at radius 3 is 2.92 bits per heavy atom. The molecule has 4 rings (SSSR count). The molecule has 0 spiro atoms. The summed E-state index contributed by atoms with van der Waals surface area (Å²) in [5, 5.41) is 0. The molecule has 0 N–H and O–H groups in total. The number of carbonyl (C=O) groups excluding carboxylic acids is 1. The molecule has 3 aromatic heterocycles. The monoisotopic (exact) mass is 351 g/mol. The van der Waals surface area contributed by atoms with Crippen molar-refractivity contribution < 1.29 is 9.21 Å². The second-order valence-electron chi connectivity index (χ2n) is 6.54. The molecule has 7 nitrogen and oxygen atoms in total. The molecule has 0 unspecified atom stereocenters. The van der Waals surface area contributed by atoms with Crippen LogP contribution in [0.1, 0.15) is 27.8 Å². The molecule has 7 heteroatoms. The zero-order chi connectivity index (χ0) is 17.9. The lowest BCUT2D eigenvalue weighted by Gasteiger charge is -2.27. The van der Waals surface area contributed by atoms with Gasteiger partial charge >= 0.3 is 0 Å². The normalized spacial score (nSPS) is 13.8. The zero-order valence-corrected chi connectivity index (χ0v) is 14.7. The van der Waals surface area contributed by atoms with Crippen LogP contribution in [0.3, 0.4) is 0 Å². The number of fused-ring (bicyclic) bond motifs is 1. The number of hydrogen-bond donors (Lipinski definition) is 0. The fraction of sp³-hybridized carbons (Fsp3) is 0.316. The van der Waals surface area contributed by atoms with Gasteiger partial charge in [-0.3, -0.25) is 14.7 Å². The fourth-order valence-corrected chi connectivity index (χ4v) is 3.21. The molecule has 0 radical (unpaired) electrons. The first-order valence-electron chi connectivity index (χ1n) is 8.65. The van der Waals surface area contributed by atoms with Crippen LogP contribution < -0.4 is 0 Å². The third-order valence-corrected chi connectivity index (χ3v) is 4.46. The van der Waals surface area contributed by atoms with E-state index in [0.29, 0.717) is 18.8 Å². The number of amides is 1. The maximum absolute atomic E-state index is 12.6. The van der Waals surface area contributed by atoms with Crippen molar-refractivity contribution in [1.82, 2.24) is 24.3 Å². The molecule has 0 saturated heterocycles. The molecule has 0 atom stereocenters. The number of carbonyl (C=O) groups is 1. The Bertz CT molecular complexity index is 873. The molecule has 1 aliphatic rings. The molecule has 134 valence electrons. The number of pyridine rings is 1. The van der Waals surface area contributed by atoms with Crippen molar-refractivity contribution in [3.05, 3.63) is 72.0 Å². The number of imidazole rings is 1. The fourth-order valence-electron chi connectivity index (χ4n) is 3.21. The van der Waals surface area contributed by atoms with Gasteiger partial charge in [0.15, 0.2) is 0 Å². The van der Waals surface area contributed by atoms with Crippen LogP contribution in [-0.2, 0) is 26.2 Å². The average Bonchev–Trinajstić information content (AvgIpc) is 3.30. The minimum absolute atomic E-state index is 0.0451. The summed E-state index contributed by atoms with van der Waals surface area (Å²) in [6, 6.07) is 9.25. The average molecular weight is 351 g/mol. The third kappa shape index (κ3) is 3.52.